The molecule has 3 N–H and O–H groups in total. The zero-order chi connectivity index (χ0) is 4.50. The summed E-state index contributed by atoms with van der Waals surface area (Å²) < 4.78 is 8.88. The average molecular weight is 305 g/mol. The fourth-order valence-electron chi connectivity index (χ4n) is 0. The van der Waals surface area contributed by atoms with Crippen molar-refractivity contribution in [2.24, 2.45) is 0 Å². The molecule has 0 aliphatic carbocycles. The summed E-state index contributed by atoms with van der Waals surface area (Å²) >= 11 is 0. The minimum absolute atomic E-state index is 0. The van der Waals surface area contributed by atoms with E-state index in [1.165, 1.54) is 0 Å². The van der Waals surface area contributed by atoms with E-state index in [1.54, 1.807) is 0 Å². The maximum atomic E-state index is 8.88. The molecule has 4 nitrogen and oxygen atoms in total. The Morgan fingerprint density at radius 3 is 1.29 bits per heavy atom. The number of hydrogen-bond acceptors (Lipinski definition) is 1. The van der Waals surface area contributed by atoms with Gasteiger partial charge in [0.1, 0.15) is 0 Å². The van der Waals surface area contributed by atoms with Gasteiger partial charge in [-0.15, -0.1) is 0 Å². The Morgan fingerprint density at radius 2 is 1.29 bits per heavy atom. The molecular formula is H4ErKO4P. The zero-order valence-electron chi connectivity index (χ0n) is 4.49. The minimum atomic E-state index is -4.64. The first-order chi connectivity index (χ1) is 2.00. The zero-order valence-corrected chi connectivity index (χ0v) is 9.36. The van der Waals surface area contributed by atoms with Crippen LogP contribution in [0.1, 0.15) is 1.43 Å². The van der Waals surface area contributed by atoms with Gasteiger partial charge in [0.05, 0.1) is 0 Å². The Bertz CT molecular complexity index is 62.2. The third-order valence-electron chi connectivity index (χ3n) is 0. The van der Waals surface area contributed by atoms with Gasteiger partial charge in [-0.3, -0.25) is 0 Å². The SMILES string of the molecule is O=P(O)(O)O.[Er].[H-].[K+]. The summed E-state index contributed by atoms with van der Waals surface area (Å²) in [6.07, 6.45) is 0. The molecule has 0 aliphatic heterocycles. The monoisotopic (exact) mass is 304 g/mol. The third-order valence-corrected chi connectivity index (χ3v) is 0. The van der Waals surface area contributed by atoms with Crippen LogP contribution in [-0.2, 0) is 4.57 Å². The van der Waals surface area contributed by atoms with Crippen LogP contribution in [0.3, 0.4) is 0 Å². The smallest absolute Gasteiger partial charge is 1.00 e. The van der Waals surface area contributed by atoms with Crippen molar-refractivity contribution in [2.75, 3.05) is 0 Å². The molecule has 0 amide bonds. The molecule has 0 heterocycles. The van der Waals surface area contributed by atoms with Gasteiger partial charge in [-0.25, -0.2) is 4.57 Å². The summed E-state index contributed by atoms with van der Waals surface area (Å²) in [6, 6.07) is 0. The van der Waals surface area contributed by atoms with Crippen molar-refractivity contribution in [1.29, 1.82) is 0 Å². The Morgan fingerprint density at radius 1 is 1.29 bits per heavy atom. The van der Waals surface area contributed by atoms with Crippen molar-refractivity contribution in [1.82, 2.24) is 0 Å². The fraction of sp³-hybridized carbons (Fsp3) is 0. The second-order valence-corrected chi connectivity index (χ2v) is 1.54. The molecule has 0 aromatic rings. The summed E-state index contributed by atoms with van der Waals surface area (Å²) in [4.78, 5) is 21.6. The Kier molecular flexibility index (Phi) is 16.8. The van der Waals surface area contributed by atoms with Gasteiger partial charge in [0.15, 0.2) is 0 Å². The van der Waals surface area contributed by atoms with Crippen molar-refractivity contribution in [3.63, 3.8) is 0 Å². The topological polar surface area (TPSA) is 77.8 Å². The van der Waals surface area contributed by atoms with Crippen LogP contribution in [0.5, 0.6) is 0 Å². The van der Waals surface area contributed by atoms with Crippen LogP contribution in [0, 0.1) is 37.3 Å². The van der Waals surface area contributed by atoms with E-state index >= 15 is 0 Å². The normalized spacial score (nSPS) is 8.43. The quantitative estimate of drug-likeness (QED) is 0.317. The van der Waals surface area contributed by atoms with E-state index in [4.69, 9.17) is 19.2 Å². The van der Waals surface area contributed by atoms with Crippen molar-refractivity contribution in [3.8, 4) is 0 Å². The summed E-state index contributed by atoms with van der Waals surface area (Å²) in [5, 5.41) is 0. The van der Waals surface area contributed by atoms with Gasteiger partial charge in [0.25, 0.3) is 0 Å². The molecular weight excluding hydrogens is 301 g/mol. The van der Waals surface area contributed by atoms with Gasteiger partial charge in [0.2, 0.25) is 0 Å². The molecule has 0 bridgehead atoms. The molecule has 0 atom stereocenters. The summed E-state index contributed by atoms with van der Waals surface area (Å²) in [5.41, 5.74) is 0. The first-order valence-corrected chi connectivity index (χ1v) is 2.35. The number of rotatable bonds is 0. The van der Waals surface area contributed by atoms with Gasteiger partial charge in [-0.1, -0.05) is 0 Å². The van der Waals surface area contributed by atoms with Gasteiger partial charge >= 0.3 is 59.2 Å². The van der Waals surface area contributed by atoms with Gasteiger partial charge in [0, 0.05) is 37.3 Å². The van der Waals surface area contributed by atoms with Crippen LogP contribution in [0.15, 0.2) is 0 Å². The molecule has 46 valence electrons. The molecule has 0 unspecified atom stereocenters. The van der Waals surface area contributed by atoms with Crippen LogP contribution in [0.4, 0.5) is 0 Å². The van der Waals surface area contributed by atoms with E-state index < -0.39 is 7.82 Å². The third kappa shape index (κ3) is 49.1. The second kappa shape index (κ2) is 7.10. The van der Waals surface area contributed by atoms with E-state index in [0.717, 1.165) is 0 Å². The molecule has 0 aliphatic rings. The average Bonchev–Trinajstić information content (AvgIpc) is 0.722. The van der Waals surface area contributed by atoms with Crippen molar-refractivity contribution >= 4 is 7.82 Å². The van der Waals surface area contributed by atoms with Gasteiger partial charge in [-0.05, 0) is 0 Å². The Labute approximate surface area is 114 Å². The van der Waals surface area contributed by atoms with Crippen molar-refractivity contribution in [2.45, 2.75) is 0 Å². The molecule has 0 fully saturated rings. The first kappa shape index (κ1) is 16.5. The second-order valence-electron chi connectivity index (χ2n) is 0.513. The van der Waals surface area contributed by atoms with E-state index in [9.17, 15) is 0 Å². The summed E-state index contributed by atoms with van der Waals surface area (Å²) in [6.45, 7) is 0. The van der Waals surface area contributed by atoms with E-state index in [-0.39, 0.29) is 90.1 Å². The van der Waals surface area contributed by atoms with Crippen LogP contribution < -0.4 is 51.4 Å². The maximum absolute atomic E-state index is 8.88. The predicted octanol–water partition coefficient (Wildman–Crippen LogP) is -3.81. The van der Waals surface area contributed by atoms with Crippen LogP contribution in [-0.4, -0.2) is 14.7 Å². The molecule has 0 saturated heterocycles. The summed E-state index contributed by atoms with van der Waals surface area (Å²) in [7, 11) is -4.64. The molecule has 0 spiro atoms. The van der Waals surface area contributed by atoms with Crippen LogP contribution >= 0.6 is 7.82 Å². The standard InChI is InChI=1S/Er.K.H3O4P.H/c;;1-5(2,3)4;/h;;(H3,1,2,3,4);/q;+1;;-1. The molecule has 0 aromatic carbocycles. The molecule has 0 aromatic heterocycles. The summed E-state index contributed by atoms with van der Waals surface area (Å²) in [5.74, 6) is 0. The van der Waals surface area contributed by atoms with Gasteiger partial charge < -0.3 is 16.1 Å². The molecule has 7 heavy (non-hydrogen) atoms. The van der Waals surface area contributed by atoms with E-state index in [0.29, 0.717) is 0 Å². The largest absolute Gasteiger partial charge is 1.00 e. The minimum Gasteiger partial charge on any atom is -1.00 e. The molecule has 0 rings (SSSR count). The predicted molar refractivity (Wildman–Crippen MR) is 15.4 cm³/mol. The number of hydrogen-bond donors (Lipinski definition) is 3. The fourth-order valence-corrected chi connectivity index (χ4v) is 0. The van der Waals surface area contributed by atoms with Crippen molar-refractivity contribution in [3.05, 3.63) is 0 Å². The van der Waals surface area contributed by atoms with Crippen LogP contribution in [0.2, 0.25) is 0 Å². The van der Waals surface area contributed by atoms with Crippen LogP contribution in [0.25, 0.3) is 0 Å². The Balaban J connectivity index is -0.0000000267. The van der Waals surface area contributed by atoms with Crippen molar-refractivity contribution < 1.29 is 109 Å². The molecule has 0 saturated carbocycles. The van der Waals surface area contributed by atoms with Gasteiger partial charge in [-0.2, -0.15) is 0 Å². The Hall–Kier alpha value is 2.99. The van der Waals surface area contributed by atoms with E-state index in [2.05, 4.69) is 0 Å². The first-order valence-electron chi connectivity index (χ1n) is 0.783. The molecule has 7 heteroatoms. The molecule has 0 radical (unpaired) electrons. The maximum Gasteiger partial charge on any atom is 1.00 e. The van der Waals surface area contributed by atoms with E-state index in [1.807, 2.05) is 0 Å². The number of phosphoric acid groups is 1.